The number of hydrogen-bond acceptors (Lipinski definition) is 16. The monoisotopic (exact) mass is 653 g/mol. The second-order valence-electron chi connectivity index (χ2n) is 9.29. The van der Waals surface area contributed by atoms with Crippen molar-refractivity contribution in [1.82, 2.24) is 0 Å². The number of rotatable bonds is 21. The topological polar surface area (TPSA) is 216 Å². The van der Waals surface area contributed by atoms with Gasteiger partial charge >= 0.3 is 23.9 Å². The number of hydrogen-bond donors (Lipinski definition) is 0. The maximum atomic E-state index is 12.3. The zero-order valence-electron chi connectivity index (χ0n) is 25.3. The molecule has 0 bridgehead atoms. The summed E-state index contributed by atoms with van der Waals surface area (Å²) in [4.78, 5) is 76.3. The molecule has 0 aromatic heterocycles. The summed E-state index contributed by atoms with van der Waals surface area (Å²) in [6.45, 7) is -0.684. The largest absolute Gasteiger partial charge is 0.462 e. The first-order chi connectivity index (χ1) is 22.7. The van der Waals surface area contributed by atoms with Gasteiger partial charge in [-0.3, -0.25) is 0 Å². The first kappa shape index (κ1) is 37.5. The van der Waals surface area contributed by atoms with Crippen molar-refractivity contribution in [3.8, 4) is 12.0 Å². The van der Waals surface area contributed by atoms with Gasteiger partial charge in [0.05, 0.1) is 13.2 Å². The van der Waals surface area contributed by atoms with E-state index in [4.69, 9.17) is 33.7 Å². The summed E-state index contributed by atoms with van der Waals surface area (Å²) in [5, 5.41) is 8.52. The van der Waals surface area contributed by atoms with Gasteiger partial charge in [0.25, 0.3) is 6.26 Å². The molecule has 0 amide bonds. The Kier molecular flexibility index (Phi) is 17.5. The average Bonchev–Trinajstić information content (AvgIpc) is 3.05. The SMILES string of the molecule is Cc1ccc(CC(N=C=O)C(=O)OCCOCC(=O)OCOC(=O)COCCOC(=O)C(Cc2ccc(OC#N)cc2)N=C=O)cc1. The number of esters is 4. The lowest BCUT2D eigenvalue weighted by molar-refractivity contribution is -0.173. The normalized spacial score (nSPS) is 11.3. The highest BCUT2D eigenvalue weighted by Crippen LogP contribution is 2.15. The van der Waals surface area contributed by atoms with Crippen LogP contribution in [0, 0.1) is 18.4 Å². The first-order valence-electron chi connectivity index (χ1n) is 13.9. The number of isocyanates is 2. The standard InChI is InChI=1S/C31H31N3O13/c1-22-2-4-23(5-3-22)14-26(33-19-35)30(39)43-12-10-41-16-28(37)46-21-47-29(38)17-42-11-13-44-31(40)27(34-20-36)15-24-6-8-25(9-7-24)45-18-32/h2-9,26-27H,10-17,21H2,1H3. The maximum Gasteiger partial charge on any atom is 0.334 e. The Balaban J connectivity index is 1.54. The fraction of sp³-hybridized carbons (Fsp3) is 0.387. The van der Waals surface area contributed by atoms with Crippen molar-refractivity contribution in [2.75, 3.05) is 46.4 Å². The van der Waals surface area contributed by atoms with Gasteiger partial charge in [-0.2, -0.15) is 9.98 Å². The minimum atomic E-state index is -1.17. The predicted octanol–water partition coefficient (Wildman–Crippen LogP) is 1.21. The van der Waals surface area contributed by atoms with E-state index in [9.17, 15) is 28.8 Å². The summed E-state index contributed by atoms with van der Waals surface area (Å²) in [6.07, 6.45) is 4.39. The molecule has 16 nitrogen and oxygen atoms in total. The molecule has 0 spiro atoms. The zero-order valence-corrected chi connectivity index (χ0v) is 25.3. The minimum Gasteiger partial charge on any atom is -0.462 e. The average molecular weight is 654 g/mol. The van der Waals surface area contributed by atoms with Gasteiger partial charge in [-0.1, -0.05) is 42.0 Å². The molecule has 47 heavy (non-hydrogen) atoms. The number of carbonyl (C=O) groups excluding carboxylic acids is 6. The fourth-order valence-corrected chi connectivity index (χ4v) is 3.56. The van der Waals surface area contributed by atoms with Crippen molar-refractivity contribution in [2.45, 2.75) is 31.8 Å². The van der Waals surface area contributed by atoms with Crippen LogP contribution in [0.2, 0.25) is 0 Å². The van der Waals surface area contributed by atoms with Crippen LogP contribution >= 0.6 is 0 Å². The number of aryl methyl sites for hydroxylation is 1. The number of carbonyl (C=O) groups is 4. The number of benzene rings is 2. The second-order valence-corrected chi connectivity index (χ2v) is 9.29. The number of nitriles is 1. The molecule has 248 valence electrons. The molecule has 0 aliphatic carbocycles. The van der Waals surface area contributed by atoms with Crippen LogP contribution in [-0.2, 0) is 70.0 Å². The molecule has 16 heteroatoms. The lowest BCUT2D eigenvalue weighted by Crippen LogP contribution is -2.26. The van der Waals surface area contributed by atoms with E-state index in [0.29, 0.717) is 11.3 Å². The Hall–Kier alpha value is -5.71. The van der Waals surface area contributed by atoms with E-state index >= 15 is 0 Å². The summed E-state index contributed by atoms with van der Waals surface area (Å²) < 4.78 is 34.2. The highest BCUT2D eigenvalue weighted by Gasteiger charge is 2.21. The summed E-state index contributed by atoms with van der Waals surface area (Å²) in [6, 6.07) is 11.3. The van der Waals surface area contributed by atoms with Crippen LogP contribution in [0.4, 0.5) is 0 Å². The van der Waals surface area contributed by atoms with Crippen LogP contribution in [0.15, 0.2) is 58.5 Å². The van der Waals surface area contributed by atoms with Crippen LogP contribution in [0.1, 0.15) is 16.7 Å². The highest BCUT2D eigenvalue weighted by molar-refractivity contribution is 5.78. The molecule has 0 aliphatic rings. The van der Waals surface area contributed by atoms with Crippen molar-refractivity contribution in [3.05, 3.63) is 65.2 Å². The third-order valence-corrected chi connectivity index (χ3v) is 5.85. The number of ether oxygens (including phenoxy) is 7. The molecular weight excluding hydrogens is 622 g/mol. The Morgan fingerprint density at radius 3 is 1.55 bits per heavy atom. The van der Waals surface area contributed by atoms with Crippen LogP contribution in [0.25, 0.3) is 0 Å². The van der Waals surface area contributed by atoms with E-state index in [-0.39, 0.29) is 39.3 Å². The van der Waals surface area contributed by atoms with E-state index in [0.717, 1.165) is 11.1 Å². The van der Waals surface area contributed by atoms with Gasteiger partial charge in [0.15, 0.2) is 12.1 Å². The second kappa shape index (κ2) is 21.9. The molecule has 2 atom stereocenters. The smallest absolute Gasteiger partial charge is 0.334 e. The molecule has 0 N–H and O–H groups in total. The molecule has 0 saturated carbocycles. The van der Waals surface area contributed by atoms with E-state index in [1.165, 1.54) is 30.5 Å². The zero-order chi connectivity index (χ0) is 34.3. The third-order valence-electron chi connectivity index (χ3n) is 5.85. The van der Waals surface area contributed by atoms with Crippen molar-refractivity contribution in [1.29, 1.82) is 5.26 Å². The first-order valence-corrected chi connectivity index (χ1v) is 13.9. The summed E-state index contributed by atoms with van der Waals surface area (Å²) >= 11 is 0. The quantitative estimate of drug-likeness (QED) is 0.0352. The molecule has 2 aromatic carbocycles. The molecule has 2 aromatic rings. The van der Waals surface area contributed by atoms with Crippen LogP contribution < -0.4 is 4.74 Å². The summed E-state index contributed by atoms with van der Waals surface area (Å²) in [5.41, 5.74) is 2.44. The number of nitrogens with zero attached hydrogens (tertiary/aromatic N) is 3. The molecule has 0 saturated heterocycles. The van der Waals surface area contributed by atoms with Gasteiger partial charge in [-0.05, 0) is 30.2 Å². The number of aliphatic imine (C=N–C) groups is 2. The molecule has 0 radical (unpaired) electrons. The minimum absolute atomic E-state index is 0.0265. The van der Waals surface area contributed by atoms with E-state index < -0.39 is 56.0 Å². The Bertz CT molecular complexity index is 1460. The van der Waals surface area contributed by atoms with Gasteiger partial charge in [-0.25, -0.2) is 28.8 Å². The summed E-state index contributed by atoms with van der Waals surface area (Å²) in [7, 11) is 0. The molecule has 2 rings (SSSR count). The Morgan fingerprint density at radius 2 is 1.13 bits per heavy atom. The third kappa shape index (κ3) is 15.7. The van der Waals surface area contributed by atoms with E-state index in [1.807, 2.05) is 19.1 Å². The van der Waals surface area contributed by atoms with Crippen LogP contribution in [-0.4, -0.2) is 94.6 Å². The molecule has 0 heterocycles. The van der Waals surface area contributed by atoms with Crippen molar-refractivity contribution in [3.63, 3.8) is 0 Å². The van der Waals surface area contributed by atoms with Gasteiger partial charge < -0.3 is 33.2 Å². The fourth-order valence-electron chi connectivity index (χ4n) is 3.56. The molecule has 0 fully saturated rings. The van der Waals surface area contributed by atoms with Crippen LogP contribution in [0.3, 0.4) is 0 Å². The Labute approximate surface area is 268 Å². The van der Waals surface area contributed by atoms with Gasteiger partial charge in [0.2, 0.25) is 19.0 Å². The van der Waals surface area contributed by atoms with Crippen molar-refractivity contribution < 1.29 is 61.9 Å². The molecule has 0 aliphatic heterocycles. The van der Waals surface area contributed by atoms with E-state index in [2.05, 4.69) is 14.7 Å². The lowest BCUT2D eigenvalue weighted by atomic mass is 10.1. The van der Waals surface area contributed by atoms with Crippen LogP contribution in [0.5, 0.6) is 5.75 Å². The predicted molar refractivity (Wildman–Crippen MR) is 156 cm³/mol. The highest BCUT2D eigenvalue weighted by atomic mass is 16.7. The van der Waals surface area contributed by atoms with Crippen molar-refractivity contribution in [2.24, 2.45) is 9.98 Å². The Morgan fingerprint density at radius 1 is 0.681 bits per heavy atom. The maximum absolute atomic E-state index is 12.3. The van der Waals surface area contributed by atoms with Gasteiger partial charge in [-0.15, -0.1) is 5.26 Å². The van der Waals surface area contributed by atoms with Gasteiger partial charge in [0, 0.05) is 12.8 Å². The molecule has 2 unspecified atom stereocenters. The molecular formula is C31H31N3O13. The van der Waals surface area contributed by atoms with Crippen molar-refractivity contribution >= 4 is 36.0 Å². The lowest BCUT2D eigenvalue weighted by Gasteiger charge is -2.12. The summed E-state index contributed by atoms with van der Waals surface area (Å²) in [5.74, 6) is -3.01. The van der Waals surface area contributed by atoms with E-state index in [1.54, 1.807) is 24.3 Å². The van der Waals surface area contributed by atoms with Gasteiger partial charge in [0.1, 0.15) is 32.2 Å².